The molecule has 220 valence electrons. The Labute approximate surface area is 240 Å². The Morgan fingerprint density at radius 1 is 1.07 bits per heavy atom. The summed E-state index contributed by atoms with van der Waals surface area (Å²) in [6, 6.07) is 14.9. The maximum absolute atomic E-state index is 13.3. The number of carbonyl (C=O) groups is 1. The van der Waals surface area contributed by atoms with Crippen molar-refractivity contribution in [1.29, 1.82) is 0 Å². The van der Waals surface area contributed by atoms with E-state index in [0.29, 0.717) is 43.8 Å². The first kappa shape index (κ1) is 28.2. The number of hydrogen-bond acceptors (Lipinski definition) is 6. The van der Waals surface area contributed by atoms with Crippen LogP contribution in [0.1, 0.15) is 57.7 Å². The van der Waals surface area contributed by atoms with Crippen LogP contribution in [0.25, 0.3) is 11.0 Å². The molecule has 0 aliphatic carbocycles. The van der Waals surface area contributed by atoms with Gasteiger partial charge in [0.15, 0.2) is 0 Å². The highest BCUT2D eigenvalue weighted by Gasteiger charge is 2.33. The molecule has 9 rings (SSSR count). The third-order valence-corrected chi connectivity index (χ3v) is 8.14. The van der Waals surface area contributed by atoms with E-state index in [1.165, 1.54) is 6.07 Å². The van der Waals surface area contributed by atoms with Gasteiger partial charge in [0.1, 0.15) is 11.3 Å². The average molecular weight is 581 g/mol. The monoisotopic (exact) mass is 580 g/mol. The molecular weight excluding hydrogens is 549 g/mol. The van der Waals surface area contributed by atoms with E-state index in [1.807, 2.05) is 37.3 Å². The van der Waals surface area contributed by atoms with Crippen LogP contribution in [0.5, 0.6) is 5.75 Å². The summed E-state index contributed by atoms with van der Waals surface area (Å²) >= 11 is 0. The lowest BCUT2D eigenvalue weighted by molar-refractivity contribution is -0.275. The van der Waals surface area contributed by atoms with Crippen LogP contribution in [-0.4, -0.2) is 50.5 Å². The van der Waals surface area contributed by atoms with E-state index in [1.54, 1.807) is 16.8 Å². The molecule has 9 bridgehead atoms. The number of aromatic nitrogens is 3. The van der Waals surface area contributed by atoms with Crippen LogP contribution in [0.4, 0.5) is 13.2 Å². The largest absolute Gasteiger partial charge is 0.573 e. The number of alkyl halides is 3. The first-order valence-corrected chi connectivity index (χ1v) is 14.0. The van der Waals surface area contributed by atoms with Crippen molar-refractivity contribution in [2.45, 2.75) is 64.7 Å². The Hall–Kier alpha value is -3.96. The Balaban J connectivity index is 1.41. The molecule has 2 unspecified atom stereocenters. The van der Waals surface area contributed by atoms with E-state index >= 15 is 0 Å². The average Bonchev–Trinajstić information content (AvgIpc) is 3.35. The smallest absolute Gasteiger partial charge is 0.481 e. The van der Waals surface area contributed by atoms with Gasteiger partial charge in [-0.15, -0.1) is 18.3 Å². The van der Waals surface area contributed by atoms with Gasteiger partial charge in [-0.25, -0.2) is 4.68 Å². The number of benzene rings is 3. The van der Waals surface area contributed by atoms with Gasteiger partial charge in [0.05, 0.1) is 18.5 Å². The quantitative estimate of drug-likeness (QED) is 0.331. The molecule has 3 aromatic carbocycles. The highest BCUT2D eigenvalue weighted by atomic mass is 19.4. The molecule has 8 nitrogen and oxygen atoms in total. The molecule has 1 aromatic heterocycles. The zero-order valence-corrected chi connectivity index (χ0v) is 23.2. The molecule has 1 N–H and O–H groups in total. The van der Waals surface area contributed by atoms with Gasteiger partial charge in [-0.05, 0) is 65.3 Å². The summed E-state index contributed by atoms with van der Waals surface area (Å²) in [7, 11) is 0. The third kappa shape index (κ3) is 5.98. The molecule has 11 heteroatoms. The lowest BCUT2D eigenvalue weighted by Crippen LogP contribution is -2.30. The number of aryl methyl sites for hydroxylation is 2. The normalized spacial score (nSPS) is 19.3. The second kappa shape index (κ2) is 11.4. The second-order valence-electron chi connectivity index (χ2n) is 11.0. The Morgan fingerprint density at radius 3 is 2.69 bits per heavy atom. The zero-order valence-electron chi connectivity index (χ0n) is 23.2. The van der Waals surface area contributed by atoms with Crippen molar-refractivity contribution in [2.24, 2.45) is 0 Å². The maximum atomic E-state index is 13.3. The van der Waals surface area contributed by atoms with Gasteiger partial charge in [0.25, 0.3) is 0 Å². The number of nitrogens with zero attached hydrogens (tertiary/aromatic N) is 4. The molecule has 4 aromatic rings. The van der Waals surface area contributed by atoms with Gasteiger partial charge in [0, 0.05) is 44.3 Å². The summed E-state index contributed by atoms with van der Waals surface area (Å²) in [4.78, 5) is 14.1. The lowest BCUT2D eigenvalue weighted by atomic mass is 9.83. The lowest BCUT2D eigenvalue weighted by Gasteiger charge is -2.30. The standard InChI is InChI=1S/C31H31F3N4O4/c1-19-25-7-8-27-30(19)35-36-38(27)10-2-12-41-18-20-3-4-23(28(13-20)42-31(32,33)34)16-37-11-9-21-5-6-22(14-24(21)17-37)26(25)15-29(39)40/h3-8,13-14,26H,2,9-12,15-18H2,1H3,(H,39,40). The number of halogens is 3. The van der Waals surface area contributed by atoms with Crippen LogP contribution in [0.2, 0.25) is 0 Å². The minimum atomic E-state index is -4.82. The van der Waals surface area contributed by atoms with Crippen LogP contribution < -0.4 is 4.74 Å². The highest BCUT2D eigenvalue weighted by Crippen LogP contribution is 2.36. The van der Waals surface area contributed by atoms with E-state index in [9.17, 15) is 23.1 Å². The Bertz CT molecular complexity index is 1630. The number of carboxylic acid groups (broad SMARTS) is 1. The third-order valence-electron chi connectivity index (χ3n) is 8.14. The molecular formula is C31H31F3N4O4. The summed E-state index contributed by atoms with van der Waals surface area (Å²) in [6.45, 7) is 4.49. The first-order valence-electron chi connectivity index (χ1n) is 14.0. The van der Waals surface area contributed by atoms with Crippen molar-refractivity contribution in [3.63, 3.8) is 0 Å². The number of carboxylic acids is 1. The van der Waals surface area contributed by atoms with Crippen molar-refractivity contribution < 1.29 is 32.5 Å². The first-order chi connectivity index (χ1) is 20.1. The van der Waals surface area contributed by atoms with Gasteiger partial charge in [0.2, 0.25) is 0 Å². The van der Waals surface area contributed by atoms with E-state index in [2.05, 4.69) is 19.9 Å². The molecule has 0 radical (unpaired) electrons. The van der Waals surface area contributed by atoms with Crippen LogP contribution in [0, 0.1) is 6.92 Å². The fourth-order valence-electron chi connectivity index (χ4n) is 6.08. The molecule has 2 atom stereocenters. The van der Waals surface area contributed by atoms with Crippen molar-refractivity contribution in [3.05, 3.63) is 87.5 Å². The van der Waals surface area contributed by atoms with E-state index in [-0.39, 0.29) is 25.3 Å². The molecule has 5 aliphatic rings. The fourth-order valence-corrected chi connectivity index (χ4v) is 6.08. The van der Waals surface area contributed by atoms with Crippen molar-refractivity contribution in [3.8, 4) is 5.75 Å². The van der Waals surface area contributed by atoms with Crippen molar-refractivity contribution >= 4 is 17.0 Å². The van der Waals surface area contributed by atoms with E-state index < -0.39 is 18.2 Å². The van der Waals surface area contributed by atoms with Crippen LogP contribution >= 0.6 is 0 Å². The maximum Gasteiger partial charge on any atom is 0.573 e. The van der Waals surface area contributed by atoms with Crippen LogP contribution in [0.15, 0.2) is 48.5 Å². The molecule has 0 fully saturated rings. The van der Waals surface area contributed by atoms with Gasteiger partial charge >= 0.3 is 12.3 Å². The fraction of sp³-hybridized carbons (Fsp3) is 0.387. The summed E-state index contributed by atoms with van der Waals surface area (Å²) in [5.41, 5.74) is 7.45. The van der Waals surface area contributed by atoms with E-state index in [0.717, 1.165) is 45.3 Å². The zero-order chi connectivity index (χ0) is 29.4. The van der Waals surface area contributed by atoms with Crippen LogP contribution in [0.3, 0.4) is 0 Å². The molecule has 5 aliphatic heterocycles. The molecule has 0 saturated heterocycles. The van der Waals surface area contributed by atoms with Gasteiger partial charge in [-0.2, -0.15) is 0 Å². The van der Waals surface area contributed by atoms with Crippen LogP contribution in [-0.2, 0) is 42.2 Å². The minimum absolute atomic E-state index is 0.0924. The topological polar surface area (TPSA) is 89.7 Å². The number of ether oxygens (including phenoxy) is 2. The Morgan fingerprint density at radius 2 is 1.88 bits per heavy atom. The molecule has 6 heterocycles. The molecule has 0 spiro atoms. The summed E-state index contributed by atoms with van der Waals surface area (Å²) in [5, 5.41) is 18.6. The minimum Gasteiger partial charge on any atom is -0.481 e. The SMILES string of the molecule is Cc1c2ccc3c1nnn3CCCOCc1ccc(c(OC(F)(F)F)c1)CN1CCc3ccc(cc3C1)C2CC(=O)O. The Kier molecular flexibility index (Phi) is 7.63. The molecule has 0 saturated carbocycles. The number of rotatable bonds is 3. The van der Waals surface area contributed by atoms with Gasteiger partial charge < -0.3 is 14.6 Å². The van der Waals surface area contributed by atoms with Gasteiger partial charge in [-0.1, -0.05) is 41.6 Å². The van der Waals surface area contributed by atoms with Crippen molar-refractivity contribution in [2.75, 3.05) is 13.2 Å². The summed E-state index contributed by atoms with van der Waals surface area (Å²) in [5.74, 6) is -1.54. The number of hydrogen-bond donors (Lipinski definition) is 1. The van der Waals surface area contributed by atoms with E-state index in [4.69, 9.17) is 4.74 Å². The van der Waals surface area contributed by atoms with Crippen molar-refractivity contribution in [1.82, 2.24) is 19.9 Å². The predicted octanol–water partition coefficient (Wildman–Crippen LogP) is 5.72. The molecule has 0 amide bonds. The van der Waals surface area contributed by atoms with Gasteiger partial charge in [-0.3, -0.25) is 9.69 Å². The second-order valence-corrected chi connectivity index (χ2v) is 11.0. The predicted molar refractivity (Wildman–Crippen MR) is 148 cm³/mol. The number of aliphatic carboxylic acids is 1. The summed E-state index contributed by atoms with van der Waals surface area (Å²) in [6.07, 6.45) is -3.56. The summed E-state index contributed by atoms with van der Waals surface area (Å²) < 4.78 is 52.0. The molecule has 42 heavy (non-hydrogen) atoms. The highest BCUT2D eigenvalue weighted by molar-refractivity contribution is 5.80.